The van der Waals surface area contributed by atoms with E-state index in [1.165, 1.54) is 0 Å². The average molecular weight is 297 g/mol. The molecule has 0 bridgehead atoms. The largest absolute Gasteiger partial charge is 0.448 e. The summed E-state index contributed by atoms with van der Waals surface area (Å²) in [5.41, 5.74) is 0.907. The highest BCUT2D eigenvalue weighted by Gasteiger charge is 2.15. The maximum Gasteiger partial charge on any atom is 0.169 e. The highest BCUT2D eigenvalue weighted by molar-refractivity contribution is 9.10. The number of anilines is 1. The minimum atomic E-state index is 0.728. The first-order valence-electron chi connectivity index (χ1n) is 5.60. The van der Waals surface area contributed by atoms with Gasteiger partial charge in [-0.05, 0) is 28.1 Å². The molecular weight excluding hydrogens is 284 g/mol. The molecule has 6 heteroatoms. The van der Waals surface area contributed by atoms with Crippen LogP contribution in [0.3, 0.4) is 0 Å². The maximum absolute atomic E-state index is 5.48. The Kier molecular flexibility index (Phi) is 2.90. The number of furan rings is 1. The Morgan fingerprint density at radius 2 is 2.12 bits per heavy atom. The fourth-order valence-electron chi connectivity index (χ4n) is 1.95. The van der Waals surface area contributed by atoms with Gasteiger partial charge in [-0.2, -0.15) is 5.10 Å². The smallest absolute Gasteiger partial charge is 0.169 e. The summed E-state index contributed by atoms with van der Waals surface area (Å²) in [4.78, 5) is 2.26. The van der Waals surface area contributed by atoms with Crippen molar-refractivity contribution >= 4 is 21.7 Å². The number of aromatic nitrogens is 2. The molecule has 1 fully saturated rings. The first-order valence-corrected chi connectivity index (χ1v) is 6.39. The van der Waals surface area contributed by atoms with Gasteiger partial charge in [-0.25, -0.2) is 0 Å². The molecule has 0 aromatic carbocycles. The lowest BCUT2D eigenvalue weighted by atomic mass is 10.3. The fraction of sp³-hybridized carbons (Fsp3) is 0.364. The molecule has 17 heavy (non-hydrogen) atoms. The third-order valence-electron chi connectivity index (χ3n) is 2.84. The van der Waals surface area contributed by atoms with Gasteiger partial charge < -0.3 is 14.6 Å². The molecule has 0 unspecified atom stereocenters. The third-order valence-corrected chi connectivity index (χ3v) is 3.27. The predicted octanol–water partition coefficient (Wildman–Crippen LogP) is 1.84. The van der Waals surface area contributed by atoms with E-state index in [0.29, 0.717) is 0 Å². The van der Waals surface area contributed by atoms with Crippen molar-refractivity contribution in [3.05, 3.63) is 22.9 Å². The maximum atomic E-state index is 5.48. The van der Waals surface area contributed by atoms with E-state index >= 15 is 0 Å². The number of rotatable bonds is 2. The Balaban J connectivity index is 1.82. The van der Waals surface area contributed by atoms with E-state index in [1.807, 2.05) is 18.2 Å². The topological polar surface area (TPSA) is 57.1 Å². The van der Waals surface area contributed by atoms with E-state index in [0.717, 1.165) is 48.1 Å². The van der Waals surface area contributed by atoms with Crippen LogP contribution in [0.4, 0.5) is 5.82 Å². The van der Waals surface area contributed by atoms with Crippen molar-refractivity contribution in [3.8, 4) is 11.5 Å². The zero-order chi connectivity index (χ0) is 11.7. The standard InChI is InChI=1S/C11H13BrN4O/c12-10-2-1-9(17-10)8-7-11(15-14-8)16-5-3-13-4-6-16/h1-2,7,13H,3-6H2,(H,14,15). The normalized spacial score (nSPS) is 16.4. The summed E-state index contributed by atoms with van der Waals surface area (Å²) < 4.78 is 6.21. The molecule has 2 aromatic rings. The lowest BCUT2D eigenvalue weighted by molar-refractivity contribution is 0.553. The van der Waals surface area contributed by atoms with E-state index in [1.54, 1.807) is 0 Å². The van der Waals surface area contributed by atoms with Gasteiger partial charge in [0.25, 0.3) is 0 Å². The molecule has 1 aliphatic rings. The van der Waals surface area contributed by atoms with Gasteiger partial charge in [0.05, 0.1) is 0 Å². The first kappa shape index (κ1) is 10.9. The molecule has 3 heterocycles. The van der Waals surface area contributed by atoms with Crippen LogP contribution in [0.15, 0.2) is 27.3 Å². The lowest BCUT2D eigenvalue weighted by Crippen LogP contribution is -2.43. The quantitative estimate of drug-likeness (QED) is 0.888. The molecule has 2 aromatic heterocycles. The summed E-state index contributed by atoms with van der Waals surface area (Å²) in [6.45, 7) is 4.00. The molecule has 0 amide bonds. The minimum absolute atomic E-state index is 0.728. The summed E-state index contributed by atoms with van der Waals surface area (Å²) in [5, 5.41) is 10.7. The second-order valence-corrected chi connectivity index (χ2v) is 4.76. The SMILES string of the molecule is Brc1ccc(-c2cc(N3CCNCC3)n[nH]2)o1. The van der Waals surface area contributed by atoms with Crippen LogP contribution in [0.1, 0.15) is 0 Å². The van der Waals surface area contributed by atoms with Crippen molar-refractivity contribution in [2.45, 2.75) is 0 Å². The highest BCUT2D eigenvalue weighted by atomic mass is 79.9. The van der Waals surface area contributed by atoms with E-state index < -0.39 is 0 Å². The lowest BCUT2D eigenvalue weighted by Gasteiger charge is -2.26. The molecule has 0 saturated carbocycles. The zero-order valence-corrected chi connectivity index (χ0v) is 10.8. The summed E-state index contributed by atoms with van der Waals surface area (Å²) >= 11 is 3.29. The molecule has 1 saturated heterocycles. The van der Waals surface area contributed by atoms with Gasteiger partial charge in [-0.1, -0.05) is 0 Å². The van der Waals surface area contributed by atoms with Gasteiger partial charge in [0, 0.05) is 32.2 Å². The number of hydrogen-bond donors (Lipinski definition) is 2. The van der Waals surface area contributed by atoms with Gasteiger partial charge in [-0.15, -0.1) is 0 Å². The number of nitrogens with zero attached hydrogens (tertiary/aromatic N) is 2. The van der Waals surface area contributed by atoms with Crippen LogP contribution in [0.5, 0.6) is 0 Å². The number of nitrogens with one attached hydrogen (secondary N) is 2. The third kappa shape index (κ3) is 2.23. The summed E-state index contributed by atoms with van der Waals surface area (Å²) in [5.74, 6) is 1.78. The van der Waals surface area contributed by atoms with Crippen molar-refractivity contribution < 1.29 is 4.42 Å². The van der Waals surface area contributed by atoms with E-state index in [4.69, 9.17) is 4.42 Å². The van der Waals surface area contributed by atoms with Crippen molar-refractivity contribution in [1.29, 1.82) is 0 Å². The van der Waals surface area contributed by atoms with Gasteiger partial charge in [-0.3, -0.25) is 5.10 Å². The van der Waals surface area contributed by atoms with Crippen molar-refractivity contribution in [1.82, 2.24) is 15.5 Å². The molecule has 0 aliphatic carbocycles. The van der Waals surface area contributed by atoms with E-state index in [2.05, 4.69) is 36.3 Å². The van der Waals surface area contributed by atoms with Gasteiger partial charge >= 0.3 is 0 Å². The molecule has 0 radical (unpaired) electrons. The second kappa shape index (κ2) is 4.54. The molecule has 5 nitrogen and oxygen atoms in total. The summed E-state index contributed by atoms with van der Waals surface area (Å²) in [7, 11) is 0. The number of hydrogen-bond acceptors (Lipinski definition) is 4. The first-order chi connectivity index (χ1) is 8.33. The van der Waals surface area contributed by atoms with Crippen LogP contribution >= 0.6 is 15.9 Å². The van der Waals surface area contributed by atoms with Gasteiger partial charge in [0.15, 0.2) is 16.2 Å². The number of aromatic amines is 1. The van der Waals surface area contributed by atoms with Crippen LogP contribution in [0.2, 0.25) is 0 Å². The number of piperazine rings is 1. The van der Waals surface area contributed by atoms with Crippen LogP contribution in [-0.4, -0.2) is 36.4 Å². The Hall–Kier alpha value is -1.27. The van der Waals surface area contributed by atoms with Gasteiger partial charge in [0.2, 0.25) is 0 Å². The molecule has 2 N–H and O–H groups in total. The molecule has 0 spiro atoms. The Bertz CT molecular complexity index is 501. The molecule has 90 valence electrons. The Morgan fingerprint density at radius 3 is 2.82 bits per heavy atom. The minimum Gasteiger partial charge on any atom is -0.448 e. The van der Waals surface area contributed by atoms with Crippen molar-refractivity contribution in [3.63, 3.8) is 0 Å². The van der Waals surface area contributed by atoms with Crippen molar-refractivity contribution in [2.24, 2.45) is 0 Å². The summed E-state index contributed by atoms with van der Waals surface area (Å²) in [6.07, 6.45) is 0. The number of halogens is 1. The van der Waals surface area contributed by atoms with E-state index in [9.17, 15) is 0 Å². The number of H-pyrrole nitrogens is 1. The van der Waals surface area contributed by atoms with E-state index in [-0.39, 0.29) is 0 Å². The average Bonchev–Trinajstić information content (AvgIpc) is 2.98. The second-order valence-electron chi connectivity index (χ2n) is 3.98. The molecule has 1 aliphatic heterocycles. The van der Waals surface area contributed by atoms with Crippen LogP contribution in [0.25, 0.3) is 11.5 Å². The van der Waals surface area contributed by atoms with Crippen LogP contribution < -0.4 is 10.2 Å². The molecule has 3 rings (SSSR count). The summed E-state index contributed by atoms with van der Waals surface area (Å²) in [6, 6.07) is 5.82. The molecular formula is C11H13BrN4O. The zero-order valence-electron chi connectivity index (χ0n) is 9.24. The Morgan fingerprint density at radius 1 is 1.29 bits per heavy atom. The monoisotopic (exact) mass is 296 g/mol. The predicted molar refractivity (Wildman–Crippen MR) is 69.1 cm³/mol. The highest BCUT2D eigenvalue weighted by Crippen LogP contribution is 2.26. The van der Waals surface area contributed by atoms with Crippen LogP contribution in [0, 0.1) is 0 Å². The van der Waals surface area contributed by atoms with Crippen LogP contribution in [-0.2, 0) is 0 Å². The van der Waals surface area contributed by atoms with Gasteiger partial charge in [0.1, 0.15) is 5.69 Å². The Labute approximate surface area is 107 Å². The molecule has 0 atom stereocenters. The fourth-order valence-corrected chi connectivity index (χ4v) is 2.26. The van der Waals surface area contributed by atoms with Crippen molar-refractivity contribution in [2.75, 3.05) is 31.1 Å².